The van der Waals surface area contributed by atoms with Gasteiger partial charge in [-0.15, -0.1) is 0 Å². The van der Waals surface area contributed by atoms with Gasteiger partial charge in [0, 0.05) is 36.9 Å². The number of sulfonamides is 1. The standard InChI is InChI=1S/C44H54N4O4SSi/c1-43(2,3)48-42(45-35-22-27-41-34(28-35)31-47(53(41,49)50)30-32-18-23-36(51-7)24-19-32)29-40(46-48)33-20-25-37(26-21-33)52-54(44(4,5)6,38-14-10-8-11-15-38)39-16-12-9-13-17-39/h8-19,22-24,27-29,33,37,45H,20-21,25-26,30-31H2,1-7H3. The summed E-state index contributed by atoms with van der Waals surface area (Å²) >= 11 is 0. The summed E-state index contributed by atoms with van der Waals surface area (Å²) in [7, 11) is -4.61. The summed E-state index contributed by atoms with van der Waals surface area (Å²) in [5.74, 6) is 1.97. The number of hydrogen-bond donors (Lipinski definition) is 1. The van der Waals surface area contributed by atoms with Crippen LogP contribution in [0.15, 0.2) is 114 Å². The Kier molecular flexibility index (Phi) is 10.4. The minimum Gasteiger partial charge on any atom is -0.497 e. The van der Waals surface area contributed by atoms with Crippen LogP contribution in [0.2, 0.25) is 5.04 Å². The summed E-state index contributed by atoms with van der Waals surface area (Å²) in [5, 5.41) is 11.4. The second-order valence-corrected chi connectivity index (χ2v) is 23.0. The Bertz CT molecular complexity index is 2130. The maximum Gasteiger partial charge on any atom is 0.261 e. The highest BCUT2D eigenvalue weighted by atomic mass is 32.2. The smallest absolute Gasteiger partial charge is 0.261 e. The highest BCUT2D eigenvalue weighted by molar-refractivity contribution is 7.89. The number of anilines is 2. The van der Waals surface area contributed by atoms with Crippen molar-refractivity contribution in [3.05, 3.63) is 126 Å². The minimum absolute atomic E-state index is 0.0603. The Morgan fingerprint density at radius 3 is 1.96 bits per heavy atom. The molecule has 0 radical (unpaired) electrons. The van der Waals surface area contributed by atoms with E-state index in [1.54, 1.807) is 13.2 Å². The third-order valence-electron chi connectivity index (χ3n) is 11.0. The van der Waals surface area contributed by atoms with Crippen LogP contribution in [0.25, 0.3) is 0 Å². The highest BCUT2D eigenvalue weighted by Crippen LogP contribution is 2.42. The zero-order valence-corrected chi connectivity index (χ0v) is 34.5. The summed E-state index contributed by atoms with van der Waals surface area (Å²) in [4.78, 5) is 0.364. The number of benzene rings is 4. The average Bonchev–Trinajstić information content (AvgIpc) is 3.69. The molecule has 10 heteroatoms. The summed E-state index contributed by atoms with van der Waals surface area (Å²) in [5.41, 5.74) is 3.37. The lowest BCUT2D eigenvalue weighted by atomic mass is 9.85. The monoisotopic (exact) mass is 762 g/mol. The van der Waals surface area contributed by atoms with E-state index in [-0.39, 0.29) is 16.7 Å². The van der Waals surface area contributed by atoms with Gasteiger partial charge in [-0.3, -0.25) is 0 Å². The average molecular weight is 763 g/mol. The molecule has 0 unspecified atom stereocenters. The quantitative estimate of drug-likeness (QED) is 0.143. The number of methoxy groups -OCH3 is 1. The van der Waals surface area contributed by atoms with Gasteiger partial charge in [0.1, 0.15) is 11.6 Å². The van der Waals surface area contributed by atoms with E-state index in [1.165, 1.54) is 14.7 Å². The lowest BCUT2D eigenvalue weighted by Gasteiger charge is -2.46. The molecule has 1 saturated carbocycles. The van der Waals surface area contributed by atoms with Gasteiger partial charge in [0.05, 0.1) is 23.2 Å². The first kappa shape index (κ1) is 38.1. The van der Waals surface area contributed by atoms with Gasteiger partial charge in [-0.25, -0.2) is 13.1 Å². The first-order valence-electron chi connectivity index (χ1n) is 19.1. The molecule has 0 bridgehead atoms. The molecule has 4 aromatic carbocycles. The van der Waals surface area contributed by atoms with Crippen molar-refractivity contribution in [2.24, 2.45) is 0 Å². The van der Waals surface area contributed by atoms with Crippen molar-refractivity contribution in [3.8, 4) is 5.75 Å². The molecule has 0 saturated heterocycles. The van der Waals surface area contributed by atoms with Crippen molar-refractivity contribution in [2.75, 3.05) is 12.4 Å². The normalized spacial score (nSPS) is 19.0. The summed E-state index contributed by atoms with van der Waals surface area (Å²) in [6, 6.07) is 37.1. The Balaban J connectivity index is 1.08. The van der Waals surface area contributed by atoms with Crippen LogP contribution in [0, 0.1) is 0 Å². The Hall–Kier alpha value is -4.22. The van der Waals surface area contributed by atoms with Crippen LogP contribution in [-0.2, 0) is 33.1 Å². The highest BCUT2D eigenvalue weighted by Gasteiger charge is 2.51. The van der Waals surface area contributed by atoms with Gasteiger partial charge in [-0.05, 0) is 103 Å². The van der Waals surface area contributed by atoms with Crippen molar-refractivity contribution in [1.82, 2.24) is 14.1 Å². The van der Waals surface area contributed by atoms with Gasteiger partial charge >= 0.3 is 0 Å². The number of fused-ring (bicyclic) bond motifs is 1. The van der Waals surface area contributed by atoms with Crippen LogP contribution in [0.1, 0.15) is 90.0 Å². The zero-order chi connectivity index (χ0) is 38.3. The molecule has 284 valence electrons. The van der Waals surface area contributed by atoms with Gasteiger partial charge < -0.3 is 14.5 Å². The van der Waals surface area contributed by atoms with Crippen LogP contribution < -0.4 is 20.4 Å². The predicted molar refractivity (Wildman–Crippen MR) is 220 cm³/mol. The number of aromatic nitrogens is 2. The number of nitrogens with zero attached hydrogens (tertiary/aromatic N) is 3. The molecule has 1 fully saturated rings. The fourth-order valence-electron chi connectivity index (χ4n) is 8.29. The zero-order valence-electron chi connectivity index (χ0n) is 32.7. The van der Waals surface area contributed by atoms with Crippen molar-refractivity contribution >= 4 is 40.2 Å². The largest absolute Gasteiger partial charge is 0.497 e. The Morgan fingerprint density at radius 2 is 1.41 bits per heavy atom. The number of ether oxygens (including phenoxy) is 1. The van der Waals surface area contributed by atoms with E-state index < -0.39 is 18.3 Å². The predicted octanol–water partition coefficient (Wildman–Crippen LogP) is 8.70. The van der Waals surface area contributed by atoms with Gasteiger partial charge in [0.15, 0.2) is 0 Å². The molecule has 0 atom stereocenters. The maximum absolute atomic E-state index is 13.5. The van der Waals surface area contributed by atoms with Crippen LogP contribution in [-0.4, -0.2) is 44.0 Å². The Morgan fingerprint density at radius 1 is 0.796 bits per heavy atom. The van der Waals surface area contributed by atoms with Crippen LogP contribution in [0.5, 0.6) is 5.75 Å². The van der Waals surface area contributed by atoms with Crippen molar-refractivity contribution in [1.29, 1.82) is 0 Å². The van der Waals surface area contributed by atoms with E-state index in [9.17, 15) is 8.42 Å². The molecule has 1 aliphatic carbocycles. The minimum atomic E-state index is -3.60. The van der Waals surface area contributed by atoms with E-state index >= 15 is 0 Å². The molecule has 7 rings (SSSR count). The third-order valence-corrected chi connectivity index (χ3v) is 18.0. The number of hydrogen-bond acceptors (Lipinski definition) is 6. The number of nitrogens with one attached hydrogen (secondary N) is 1. The van der Waals surface area contributed by atoms with Gasteiger partial charge in [-0.1, -0.05) is 93.6 Å². The SMILES string of the molecule is COc1ccc(CN2Cc3cc(Nc4cc(C5CCC(O[Si](c6ccccc6)(c6ccccc6)C(C)(C)C)CC5)nn4C(C)(C)C)ccc3S2(=O)=O)cc1. The van der Waals surface area contributed by atoms with Gasteiger partial charge in [-0.2, -0.15) is 9.40 Å². The van der Waals surface area contributed by atoms with Gasteiger partial charge in [0.25, 0.3) is 8.32 Å². The molecular weight excluding hydrogens is 709 g/mol. The summed E-state index contributed by atoms with van der Waals surface area (Å²) in [6.45, 7) is 14.1. The molecule has 1 aliphatic heterocycles. The van der Waals surface area contributed by atoms with Crippen LogP contribution >= 0.6 is 0 Å². The van der Waals surface area contributed by atoms with Crippen LogP contribution in [0.3, 0.4) is 0 Å². The fraction of sp³-hybridized carbons (Fsp3) is 0.386. The van der Waals surface area contributed by atoms with Crippen molar-refractivity contribution in [3.63, 3.8) is 0 Å². The lowest BCUT2D eigenvalue weighted by molar-refractivity contribution is 0.134. The molecule has 0 amide bonds. The molecule has 1 N–H and O–H groups in total. The van der Waals surface area contributed by atoms with E-state index in [2.05, 4.69) is 118 Å². The van der Waals surface area contributed by atoms with E-state index in [1.807, 2.05) is 36.4 Å². The fourth-order valence-corrected chi connectivity index (χ4v) is 14.6. The lowest BCUT2D eigenvalue weighted by Crippen LogP contribution is -2.67. The molecule has 2 aliphatic rings. The van der Waals surface area contributed by atoms with Crippen molar-refractivity contribution < 1.29 is 17.6 Å². The second kappa shape index (κ2) is 14.8. The first-order chi connectivity index (χ1) is 25.7. The van der Waals surface area contributed by atoms with Gasteiger partial charge in [0.2, 0.25) is 10.0 Å². The third kappa shape index (κ3) is 7.41. The molecular formula is C44H54N4O4SSi. The van der Waals surface area contributed by atoms with E-state index in [4.69, 9.17) is 14.3 Å². The Labute approximate surface area is 322 Å². The van der Waals surface area contributed by atoms with E-state index in [0.29, 0.717) is 23.9 Å². The molecule has 1 aromatic heterocycles. The molecule has 8 nitrogen and oxygen atoms in total. The van der Waals surface area contributed by atoms with Crippen molar-refractivity contribution in [2.45, 2.75) is 108 Å². The first-order valence-corrected chi connectivity index (χ1v) is 22.5. The molecule has 0 spiro atoms. The topological polar surface area (TPSA) is 85.7 Å². The molecule has 54 heavy (non-hydrogen) atoms. The molecule has 5 aromatic rings. The summed E-state index contributed by atoms with van der Waals surface area (Å²) in [6.07, 6.45) is 4.13. The second-order valence-electron chi connectivity index (χ2n) is 16.9. The summed E-state index contributed by atoms with van der Waals surface area (Å²) < 4.78 is 43.4. The maximum atomic E-state index is 13.5. The van der Waals surface area contributed by atoms with Crippen LogP contribution in [0.4, 0.5) is 11.5 Å². The molecule has 2 heterocycles. The number of rotatable bonds is 10. The van der Waals surface area contributed by atoms with E-state index in [0.717, 1.165) is 59.8 Å².